The van der Waals surface area contributed by atoms with Gasteiger partial charge in [-0.25, -0.2) is 8.42 Å². The highest BCUT2D eigenvalue weighted by molar-refractivity contribution is 7.89. The molecule has 8 nitrogen and oxygen atoms in total. The average Bonchev–Trinajstić information content (AvgIpc) is 3.15. The summed E-state index contributed by atoms with van der Waals surface area (Å²) in [6, 6.07) is 9.08. The number of hydrogen-bond donors (Lipinski definition) is 2. The van der Waals surface area contributed by atoms with Gasteiger partial charge in [-0.2, -0.15) is 4.31 Å². The van der Waals surface area contributed by atoms with E-state index in [0.717, 1.165) is 26.6 Å². The number of anilines is 1. The molecule has 0 bridgehead atoms. The van der Waals surface area contributed by atoms with Gasteiger partial charge in [-0.1, -0.05) is 24.3 Å². The molecule has 3 atom stereocenters. The van der Waals surface area contributed by atoms with Crippen LogP contribution < -0.4 is 5.32 Å². The normalized spacial score (nSPS) is 19.8. The van der Waals surface area contributed by atoms with Gasteiger partial charge in [-0.3, -0.25) is 9.59 Å². The molecule has 2 N–H and O–H groups in total. The van der Waals surface area contributed by atoms with Crippen LogP contribution >= 0.6 is 0 Å². The van der Waals surface area contributed by atoms with Crippen molar-refractivity contribution in [2.45, 2.75) is 64.2 Å². The van der Waals surface area contributed by atoms with E-state index in [0.29, 0.717) is 5.69 Å². The summed E-state index contributed by atoms with van der Waals surface area (Å²) in [5.41, 5.74) is 4.11. The van der Waals surface area contributed by atoms with E-state index in [1.165, 1.54) is 13.0 Å². The number of nitrogens with zero attached hydrogens (tertiary/aromatic N) is 1. The number of benzene rings is 2. The standard InChI is InChI=1S/C24H30N2O6S/c1-14-9-10-20(11-17(14)4)33(30,31)26-13-19(27)12-21(26)24(29)32-18(5)23(28)25-22-15(2)7-6-8-16(22)3/h6-11,18-19,21,27H,12-13H2,1-5H3,(H,25,28)/t18?,19?,21-/m0/s1. The van der Waals surface area contributed by atoms with Crippen molar-refractivity contribution in [3.8, 4) is 0 Å². The second-order valence-electron chi connectivity index (χ2n) is 8.56. The number of rotatable bonds is 6. The van der Waals surface area contributed by atoms with E-state index in [4.69, 9.17) is 4.74 Å². The van der Waals surface area contributed by atoms with Crippen LogP contribution in [0.2, 0.25) is 0 Å². The van der Waals surface area contributed by atoms with Gasteiger partial charge in [0.05, 0.1) is 11.0 Å². The predicted octanol–water partition coefficient (Wildman–Crippen LogP) is 2.61. The summed E-state index contributed by atoms with van der Waals surface area (Å²) < 4.78 is 32.7. The van der Waals surface area contributed by atoms with Crippen molar-refractivity contribution in [3.05, 3.63) is 58.7 Å². The molecular formula is C24H30N2O6S. The molecule has 1 fully saturated rings. The van der Waals surface area contributed by atoms with Crippen LogP contribution in [0.15, 0.2) is 41.3 Å². The van der Waals surface area contributed by atoms with E-state index in [9.17, 15) is 23.1 Å². The van der Waals surface area contributed by atoms with Gasteiger partial charge in [-0.15, -0.1) is 0 Å². The van der Waals surface area contributed by atoms with Crippen LogP contribution in [0.25, 0.3) is 0 Å². The van der Waals surface area contributed by atoms with E-state index in [2.05, 4.69) is 5.32 Å². The fourth-order valence-corrected chi connectivity index (χ4v) is 5.53. The second kappa shape index (κ2) is 9.62. The molecule has 1 aliphatic rings. The van der Waals surface area contributed by atoms with Crippen molar-refractivity contribution in [2.75, 3.05) is 11.9 Å². The molecule has 2 aromatic rings. The molecule has 1 heterocycles. The van der Waals surface area contributed by atoms with Crippen LogP contribution in [0, 0.1) is 27.7 Å². The van der Waals surface area contributed by atoms with Gasteiger partial charge in [0, 0.05) is 18.7 Å². The van der Waals surface area contributed by atoms with Crippen LogP contribution in [-0.2, 0) is 24.3 Å². The number of para-hydroxylation sites is 1. The number of esters is 1. The monoisotopic (exact) mass is 474 g/mol. The molecule has 0 spiro atoms. The molecule has 33 heavy (non-hydrogen) atoms. The van der Waals surface area contributed by atoms with Gasteiger partial charge in [0.2, 0.25) is 10.0 Å². The summed E-state index contributed by atoms with van der Waals surface area (Å²) >= 11 is 0. The van der Waals surface area contributed by atoms with E-state index in [1.54, 1.807) is 19.1 Å². The maximum Gasteiger partial charge on any atom is 0.325 e. The third kappa shape index (κ3) is 5.26. The number of ether oxygens (including phenoxy) is 1. The zero-order valence-corrected chi connectivity index (χ0v) is 20.3. The molecule has 9 heteroatoms. The Hall–Kier alpha value is -2.75. The number of β-amino-alcohol motifs (C(OH)–C–C–N with tert-alkyl or cyclic N) is 1. The molecule has 0 aromatic heterocycles. The van der Waals surface area contributed by atoms with E-state index >= 15 is 0 Å². The minimum atomic E-state index is -4.05. The lowest BCUT2D eigenvalue weighted by atomic mass is 10.1. The van der Waals surface area contributed by atoms with E-state index in [1.807, 2.05) is 39.0 Å². The molecule has 0 saturated carbocycles. The van der Waals surface area contributed by atoms with Gasteiger partial charge in [-0.05, 0) is 69.0 Å². The molecule has 0 aliphatic carbocycles. The van der Waals surface area contributed by atoms with Crippen molar-refractivity contribution in [1.29, 1.82) is 0 Å². The Balaban J connectivity index is 1.76. The first kappa shape index (κ1) is 24.9. The number of carbonyl (C=O) groups excluding carboxylic acids is 2. The number of aliphatic hydroxyl groups is 1. The Morgan fingerprint density at radius 3 is 2.30 bits per heavy atom. The molecular weight excluding hydrogens is 444 g/mol. The Bertz CT molecular complexity index is 1160. The number of aliphatic hydroxyl groups excluding tert-OH is 1. The highest BCUT2D eigenvalue weighted by Crippen LogP contribution is 2.28. The first-order valence-corrected chi connectivity index (χ1v) is 12.2. The van der Waals surface area contributed by atoms with Crippen molar-refractivity contribution >= 4 is 27.6 Å². The number of sulfonamides is 1. The quantitative estimate of drug-likeness (QED) is 0.623. The third-order valence-electron chi connectivity index (χ3n) is 5.98. The Kier molecular flexibility index (Phi) is 7.26. The van der Waals surface area contributed by atoms with Gasteiger partial charge in [0.25, 0.3) is 5.91 Å². The zero-order chi connectivity index (χ0) is 24.5. The van der Waals surface area contributed by atoms with Crippen molar-refractivity contribution in [2.24, 2.45) is 0 Å². The smallest absolute Gasteiger partial charge is 0.325 e. The van der Waals surface area contributed by atoms with Crippen LogP contribution in [0.1, 0.15) is 35.6 Å². The third-order valence-corrected chi connectivity index (χ3v) is 7.85. The Morgan fingerprint density at radius 2 is 1.70 bits per heavy atom. The van der Waals surface area contributed by atoms with Gasteiger partial charge < -0.3 is 15.2 Å². The van der Waals surface area contributed by atoms with Crippen molar-refractivity contribution in [1.82, 2.24) is 4.31 Å². The number of nitrogens with one attached hydrogen (secondary N) is 1. The van der Waals surface area contributed by atoms with E-state index in [-0.39, 0.29) is 17.9 Å². The lowest BCUT2D eigenvalue weighted by molar-refractivity contribution is -0.156. The number of hydrogen-bond acceptors (Lipinski definition) is 6. The topological polar surface area (TPSA) is 113 Å². The molecule has 1 saturated heterocycles. The van der Waals surface area contributed by atoms with Crippen molar-refractivity contribution in [3.63, 3.8) is 0 Å². The minimum absolute atomic E-state index is 0.0401. The lowest BCUT2D eigenvalue weighted by Crippen LogP contribution is -2.43. The molecule has 3 rings (SSSR count). The maximum absolute atomic E-state index is 13.2. The molecule has 1 amide bonds. The summed E-state index contributed by atoms with van der Waals surface area (Å²) in [6.07, 6.45) is -2.27. The first-order chi connectivity index (χ1) is 15.4. The fraction of sp³-hybridized carbons (Fsp3) is 0.417. The average molecular weight is 475 g/mol. The summed E-state index contributed by atoms with van der Waals surface area (Å²) in [5.74, 6) is -1.40. The molecule has 178 valence electrons. The highest BCUT2D eigenvalue weighted by Gasteiger charge is 2.45. The summed E-state index contributed by atoms with van der Waals surface area (Å²) in [4.78, 5) is 25.6. The number of carbonyl (C=O) groups is 2. The summed E-state index contributed by atoms with van der Waals surface area (Å²) in [6.45, 7) is 8.58. The second-order valence-corrected chi connectivity index (χ2v) is 10.5. The first-order valence-electron chi connectivity index (χ1n) is 10.8. The molecule has 1 aliphatic heterocycles. The van der Waals surface area contributed by atoms with E-state index < -0.39 is 40.1 Å². The number of amides is 1. The maximum atomic E-state index is 13.2. The highest BCUT2D eigenvalue weighted by atomic mass is 32.2. The van der Waals surface area contributed by atoms with Crippen LogP contribution in [0.4, 0.5) is 5.69 Å². The Labute approximate surface area is 194 Å². The summed E-state index contributed by atoms with van der Waals surface area (Å²) in [7, 11) is -4.05. The lowest BCUT2D eigenvalue weighted by Gasteiger charge is -2.24. The minimum Gasteiger partial charge on any atom is -0.451 e. The van der Waals surface area contributed by atoms with Gasteiger partial charge >= 0.3 is 5.97 Å². The van der Waals surface area contributed by atoms with Crippen LogP contribution in [-0.4, -0.2) is 54.5 Å². The Morgan fingerprint density at radius 1 is 1.06 bits per heavy atom. The van der Waals surface area contributed by atoms with Gasteiger partial charge in [0.15, 0.2) is 6.10 Å². The molecule has 0 radical (unpaired) electrons. The number of aryl methyl sites for hydroxylation is 4. The van der Waals surface area contributed by atoms with Crippen molar-refractivity contribution < 1.29 is 27.9 Å². The summed E-state index contributed by atoms with van der Waals surface area (Å²) in [5, 5.41) is 12.9. The zero-order valence-electron chi connectivity index (χ0n) is 19.5. The SMILES string of the molecule is Cc1ccc(S(=O)(=O)N2CC(O)C[C@H]2C(=O)OC(C)C(=O)Nc2c(C)cccc2C)cc1C. The largest absolute Gasteiger partial charge is 0.451 e. The molecule has 2 aromatic carbocycles. The van der Waals surface area contributed by atoms with Crippen LogP contribution in [0.5, 0.6) is 0 Å². The van der Waals surface area contributed by atoms with Crippen LogP contribution in [0.3, 0.4) is 0 Å². The van der Waals surface area contributed by atoms with Gasteiger partial charge in [0.1, 0.15) is 6.04 Å². The predicted molar refractivity (Wildman–Crippen MR) is 124 cm³/mol. The fourth-order valence-electron chi connectivity index (χ4n) is 3.82. The molecule has 2 unspecified atom stereocenters.